The van der Waals surface area contributed by atoms with Crippen LogP contribution in [-0.4, -0.2) is 26.3 Å². The van der Waals surface area contributed by atoms with E-state index in [9.17, 15) is 8.42 Å². The molecule has 0 aliphatic heterocycles. The molecule has 4 nitrogen and oxygen atoms in total. The monoisotopic (exact) mass is 298 g/mol. The van der Waals surface area contributed by atoms with Crippen LogP contribution in [0.3, 0.4) is 0 Å². The molecule has 1 rings (SSSR count). The number of nitrogens with one attached hydrogen (secondary N) is 2. The van der Waals surface area contributed by atoms with Crippen LogP contribution in [0.2, 0.25) is 0 Å². The van der Waals surface area contributed by atoms with E-state index in [-0.39, 0.29) is 6.04 Å². The van der Waals surface area contributed by atoms with Crippen molar-refractivity contribution in [3.05, 3.63) is 42.5 Å². The van der Waals surface area contributed by atoms with Crippen molar-refractivity contribution in [1.29, 1.82) is 0 Å². The summed E-state index contributed by atoms with van der Waals surface area (Å²) in [5.41, 5.74) is 0.968. The van der Waals surface area contributed by atoms with E-state index in [4.69, 9.17) is 12.2 Å². The molecule has 0 unspecified atom stereocenters. The Morgan fingerprint density at radius 2 is 2.00 bits per heavy atom. The molecular formula is C13H18N2O2S2. The predicted octanol–water partition coefficient (Wildman–Crippen LogP) is 1.80. The van der Waals surface area contributed by atoms with Gasteiger partial charge in [0.2, 0.25) is 0 Å². The first-order valence-electron chi connectivity index (χ1n) is 5.80. The zero-order valence-electron chi connectivity index (χ0n) is 11.0. The summed E-state index contributed by atoms with van der Waals surface area (Å²) in [6.45, 7) is 6.15. The lowest BCUT2D eigenvalue weighted by molar-refractivity contribution is 0.601. The van der Waals surface area contributed by atoms with Gasteiger partial charge in [0.1, 0.15) is 0 Å². The molecule has 0 spiro atoms. The lowest BCUT2D eigenvalue weighted by Gasteiger charge is -2.17. The topological polar surface area (TPSA) is 58.2 Å². The van der Waals surface area contributed by atoms with Gasteiger partial charge in [-0.3, -0.25) is 0 Å². The van der Waals surface area contributed by atoms with Gasteiger partial charge in [-0.1, -0.05) is 18.2 Å². The van der Waals surface area contributed by atoms with Crippen molar-refractivity contribution in [3.8, 4) is 0 Å². The van der Waals surface area contributed by atoms with E-state index < -0.39 is 9.84 Å². The Morgan fingerprint density at radius 3 is 2.47 bits per heavy atom. The Labute approximate surface area is 119 Å². The molecule has 0 aromatic heterocycles. The fourth-order valence-corrected chi connectivity index (χ4v) is 2.39. The SMILES string of the molecule is C=CCNC(=S)N[C@H](C)c1ccc(S(C)(=O)=O)cc1. The maximum atomic E-state index is 11.4. The average Bonchev–Trinajstić information content (AvgIpc) is 2.35. The van der Waals surface area contributed by atoms with Crippen molar-refractivity contribution >= 4 is 27.2 Å². The maximum absolute atomic E-state index is 11.4. The number of benzene rings is 1. The smallest absolute Gasteiger partial charge is 0.175 e. The van der Waals surface area contributed by atoms with Gasteiger partial charge in [0.15, 0.2) is 14.9 Å². The van der Waals surface area contributed by atoms with Crippen molar-refractivity contribution in [2.24, 2.45) is 0 Å². The standard InChI is InChI=1S/C13H18N2O2S2/c1-4-9-14-13(18)15-10(2)11-5-7-12(8-6-11)19(3,16)17/h4-8,10H,1,9H2,2-3H3,(H2,14,15,18)/t10-/m1/s1. The fourth-order valence-electron chi connectivity index (χ4n) is 1.50. The molecule has 0 saturated heterocycles. The summed E-state index contributed by atoms with van der Waals surface area (Å²) in [7, 11) is -3.15. The third kappa shape index (κ3) is 5.00. The Kier molecular flexibility index (Phi) is 5.50. The van der Waals surface area contributed by atoms with Crippen molar-refractivity contribution in [2.75, 3.05) is 12.8 Å². The summed E-state index contributed by atoms with van der Waals surface area (Å²) < 4.78 is 22.7. The molecule has 0 bridgehead atoms. The molecule has 104 valence electrons. The molecule has 0 aliphatic rings. The molecule has 0 heterocycles. The normalized spacial score (nSPS) is 12.5. The first-order chi connectivity index (χ1) is 8.84. The van der Waals surface area contributed by atoms with Crippen LogP contribution in [0, 0.1) is 0 Å². The summed E-state index contributed by atoms with van der Waals surface area (Å²) in [6.07, 6.45) is 2.91. The van der Waals surface area contributed by atoms with Crippen LogP contribution >= 0.6 is 12.2 Å². The summed E-state index contributed by atoms with van der Waals surface area (Å²) in [6, 6.07) is 6.76. The lowest BCUT2D eigenvalue weighted by Crippen LogP contribution is -2.36. The maximum Gasteiger partial charge on any atom is 0.175 e. The average molecular weight is 298 g/mol. The summed E-state index contributed by atoms with van der Waals surface area (Å²) in [5.74, 6) is 0. The molecule has 0 aliphatic carbocycles. The first kappa shape index (κ1) is 15.7. The highest BCUT2D eigenvalue weighted by Crippen LogP contribution is 2.16. The molecule has 0 fully saturated rings. The fraction of sp³-hybridized carbons (Fsp3) is 0.308. The highest BCUT2D eigenvalue weighted by atomic mass is 32.2. The van der Waals surface area contributed by atoms with Crippen LogP contribution in [0.5, 0.6) is 0 Å². The minimum atomic E-state index is -3.15. The van der Waals surface area contributed by atoms with E-state index in [0.29, 0.717) is 16.6 Å². The summed E-state index contributed by atoms with van der Waals surface area (Å²) in [5, 5.41) is 6.63. The van der Waals surface area contributed by atoms with E-state index in [1.54, 1.807) is 30.3 Å². The molecule has 2 N–H and O–H groups in total. The Hall–Kier alpha value is -1.40. The van der Waals surface area contributed by atoms with E-state index in [1.807, 2.05) is 6.92 Å². The van der Waals surface area contributed by atoms with Crippen LogP contribution in [0.15, 0.2) is 41.8 Å². The van der Waals surface area contributed by atoms with Crippen LogP contribution in [0.25, 0.3) is 0 Å². The summed E-state index contributed by atoms with van der Waals surface area (Å²) >= 11 is 5.11. The Bertz CT molecular complexity index is 551. The second kappa shape index (κ2) is 6.68. The van der Waals surface area contributed by atoms with Crippen molar-refractivity contribution in [1.82, 2.24) is 10.6 Å². The number of sulfone groups is 1. The zero-order chi connectivity index (χ0) is 14.5. The zero-order valence-corrected chi connectivity index (χ0v) is 12.6. The van der Waals surface area contributed by atoms with Gasteiger partial charge in [-0.15, -0.1) is 6.58 Å². The van der Waals surface area contributed by atoms with E-state index >= 15 is 0 Å². The first-order valence-corrected chi connectivity index (χ1v) is 8.10. The number of hydrogen-bond donors (Lipinski definition) is 2. The van der Waals surface area contributed by atoms with Gasteiger partial charge in [0.05, 0.1) is 10.9 Å². The minimum absolute atomic E-state index is 0.00146. The van der Waals surface area contributed by atoms with Crippen LogP contribution in [0.4, 0.5) is 0 Å². The number of hydrogen-bond acceptors (Lipinski definition) is 3. The molecule has 19 heavy (non-hydrogen) atoms. The largest absolute Gasteiger partial charge is 0.359 e. The van der Waals surface area contributed by atoms with Gasteiger partial charge in [0.25, 0.3) is 0 Å². The molecule has 1 aromatic carbocycles. The van der Waals surface area contributed by atoms with Gasteiger partial charge in [-0.05, 0) is 36.8 Å². The highest BCUT2D eigenvalue weighted by molar-refractivity contribution is 7.90. The number of rotatable bonds is 5. The van der Waals surface area contributed by atoms with Gasteiger partial charge < -0.3 is 10.6 Å². The molecular weight excluding hydrogens is 280 g/mol. The Balaban J connectivity index is 2.70. The number of thiocarbonyl (C=S) groups is 1. The summed E-state index contributed by atoms with van der Waals surface area (Å²) in [4.78, 5) is 0.316. The molecule has 1 atom stereocenters. The second-order valence-electron chi connectivity index (χ2n) is 4.21. The van der Waals surface area contributed by atoms with E-state index in [0.717, 1.165) is 5.56 Å². The highest BCUT2D eigenvalue weighted by Gasteiger charge is 2.10. The molecule has 0 saturated carbocycles. The van der Waals surface area contributed by atoms with E-state index in [1.165, 1.54) is 6.26 Å². The van der Waals surface area contributed by atoms with Crippen LogP contribution in [-0.2, 0) is 9.84 Å². The minimum Gasteiger partial charge on any atom is -0.359 e. The lowest BCUT2D eigenvalue weighted by atomic mass is 10.1. The van der Waals surface area contributed by atoms with Gasteiger partial charge in [0, 0.05) is 12.8 Å². The molecule has 1 aromatic rings. The van der Waals surface area contributed by atoms with Crippen molar-refractivity contribution in [2.45, 2.75) is 17.9 Å². The van der Waals surface area contributed by atoms with Crippen molar-refractivity contribution in [3.63, 3.8) is 0 Å². The second-order valence-corrected chi connectivity index (χ2v) is 6.63. The third-order valence-electron chi connectivity index (χ3n) is 2.56. The Morgan fingerprint density at radius 1 is 1.42 bits per heavy atom. The van der Waals surface area contributed by atoms with Gasteiger partial charge >= 0.3 is 0 Å². The van der Waals surface area contributed by atoms with Crippen LogP contribution in [0.1, 0.15) is 18.5 Å². The van der Waals surface area contributed by atoms with Crippen molar-refractivity contribution < 1.29 is 8.42 Å². The van der Waals surface area contributed by atoms with Crippen LogP contribution < -0.4 is 10.6 Å². The van der Waals surface area contributed by atoms with E-state index in [2.05, 4.69) is 17.2 Å². The molecule has 0 amide bonds. The predicted molar refractivity (Wildman–Crippen MR) is 81.9 cm³/mol. The molecule has 6 heteroatoms. The quantitative estimate of drug-likeness (QED) is 0.641. The van der Waals surface area contributed by atoms with Gasteiger partial charge in [-0.25, -0.2) is 8.42 Å². The molecule has 0 radical (unpaired) electrons. The third-order valence-corrected chi connectivity index (χ3v) is 3.95. The van der Waals surface area contributed by atoms with Gasteiger partial charge in [-0.2, -0.15) is 0 Å².